The number of guanidine groups is 1. The van der Waals surface area contributed by atoms with Crippen LogP contribution in [0.25, 0.3) is 0 Å². The van der Waals surface area contributed by atoms with Gasteiger partial charge in [-0.05, 0) is 44.0 Å². The molecule has 0 aromatic heterocycles. The van der Waals surface area contributed by atoms with Crippen LogP contribution in [0.15, 0.2) is 23.2 Å². The van der Waals surface area contributed by atoms with Crippen molar-refractivity contribution in [2.45, 2.75) is 38.5 Å². The lowest BCUT2D eigenvalue weighted by molar-refractivity contribution is -0.0453. The Bertz CT molecular complexity index is 644. The predicted molar refractivity (Wildman–Crippen MR) is 122 cm³/mol. The third-order valence-electron chi connectivity index (χ3n) is 5.17. The van der Waals surface area contributed by atoms with E-state index in [9.17, 15) is 0 Å². The molecule has 2 aliphatic rings. The molecule has 2 aliphatic heterocycles. The largest absolute Gasteiger partial charge is 0.493 e. The maximum atomic E-state index is 6.02. The monoisotopic (exact) mass is 504 g/mol. The first-order valence-electron chi connectivity index (χ1n) is 9.82. The van der Waals surface area contributed by atoms with E-state index in [0.29, 0.717) is 12.6 Å². The van der Waals surface area contributed by atoms with Crippen LogP contribution in [0.3, 0.4) is 0 Å². The summed E-state index contributed by atoms with van der Waals surface area (Å²) in [5.74, 6) is 2.25. The molecule has 2 N–H and O–H groups in total. The molecule has 0 radical (unpaired) electrons. The highest BCUT2D eigenvalue weighted by Crippen LogP contribution is 2.27. The van der Waals surface area contributed by atoms with E-state index in [1.807, 2.05) is 18.2 Å². The van der Waals surface area contributed by atoms with Crippen molar-refractivity contribution in [3.05, 3.63) is 23.8 Å². The average molecular weight is 504 g/mol. The van der Waals surface area contributed by atoms with Crippen molar-refractivity contribution in [1.82, 2.24) is 15.5 Å². The highest BCUT2D eigenvalue weighted by atomic mass is 127. The van der Waals surface area contributed by atoms with Crippen LogP contribution < -0.4 is 20.1 Å². The molecule has 158 valence electrons. The van der Waals surface area contributed by atoms with Crippen molar-refractivity contribution < 1.29 is 14.2 Å². The van der Waals surface area contributed by atoms with Crippen LogP contribution in [0.5, 0.6) is 11.5 Å². The lowest BCUT2D eigenvalue weighted by atomic mass is 10.2. The number of nitrogens with one attached hydrogen (secondary N) is 2. The Hall–Kier alpha value is -1.26. The number of methoxy groups -OCH3 is 2. The summed E-state index contributed by atoms with van der Waals surface area (Å²) < 4.78 is 16.7. The maximum Gasteiger partial charge on any atom is 0.191 e. The van der Waals surface area contributed by atoms with Gasteiger partial charge >= 0.3 is 0 Å². The Balaban J connectivity index is 0.00000280. The second kappa shape index (κ2) is 11.7. The van der Waals surface area contributed by atoms with Gasteiger partial charge < -0.3 is 24.8 Å². The summed E-state index contributed by atoms with van der Waals surface area (Å²) in [4.78, 5) is 7.25. The highest BCUT2D eigenvalue weighted by Gasteiger charge is 2.32. The van der Waals surface area contributed by atoms with E-state index in [2.05, 4.69) is 22.5 Å². The van der Waals surface area contributed by atoms with Crippen LogP contribution in [0, 0.1) is 0 Å². The lowest BCUT2D eigenvalue weighted by Gasteiger charge is -2.35. The first-order valence-corrected chi connectivity index (χ1v) is 9.82. The highest BCUT2D eigenvalue weighted by molar-refractivity contribution is 14.0. The first-order chi connectivity index (χ1) is 13.2. The molecule has 0 bridgehead atoms. The number of ether oxygens (including phenoxy) is 3. The van der Waals surface area contributed by atoms with Crippen LogP contribution in [-0.2, 0) is 11.3 Å². The zero-order chi connectivity index (χ0) is 19.1. The summed E-state index contributed by atoms with van der Waals surface area (Å²) in [5, 5.41) is 6.73. The van der Waals surface area contributed by atoms with Gasteiger partial charge in [-0.3, -0.25) is 4.90 Å². The number of nitrogens with zero attached hydrogens (tertiary/aromatic N) is 2. The second-order valence-corrected chi connectivity index (χ2v) is 7.01. The van der Waals surface area contributed by atoms with Gasteiger partial charge in [-0.25, -0.2) is 4.99 Å². The molecule has 0 saturated carbocycles. The van der Waals surface area contributed by atoms with Crippen molar-refractivity contribution in [2.24, 2.45) is 4.99 Å². The van der Waals surface area contributed by atoms with Crippen molar-refractivity contribution in [3.8, 4) is 11.5 Å². The number of hydrogen-bond acceptors (Lipinski definition) is 5. The smallest absolute Gasteiger partial charge is 0.191 e. The molecule has 1 aromatic carbocycles. The minimum Gasteiger partial charge on any atom is -0.493 e. The van der Waals surface area contributed by atoms with Crippen LogP contribution in [0.4, 0.5) is 0 Å². The van der Waals surface area contributed by atoms with Crippen LogP contribution in [-0.4, -0.2) is 70.0 Å². The van der Waals surface area contributed by atoms with E-state index < -0.39 is 0 Å². The first kappa shape index (κ1) is 23.0. The van der Waals surface area contributed by atoms with E-state index in [1.54, 1.807) is 14.2 Å². The van der Waals surface area contributed by atoms with E-state index >= 15 is 0 Å². The Morgan fingerprint density at radius 1 is 1.25 bits per heavy atom. The molecule has 2 fully saturated rings. The molecular weight excluding hydrogens is 471 g/mol. The molecular formula is C20H33IN4O3. The second-order valence-electron chi connectivity index (χ2n) is 7.01. The Kier molecular flexibility index (Phi) is 9.60. The van der Waals surface area contributed by atoms with E-state index in [1.165, 1.54) is 19.4 Å². The number of aliphatic imine (C=N–C) groups is 1. The van der Waals surface area contributed by atoms with Gasteiger partial charge in [0, 0.05) is 25.7 Å². The van der Waals surface area contributed by atoms with Gasteiger partial charge in [0.25, 0.3) is 0 Å². The molecule has 2 saturated heterocycles. The third kappa shape index (κ3) is 6.12. The fraction of sp³-hybridized carbons (Fsp3) is 0.650. The predicted octanol–water partition coefficient (Wildman–Crippen LogP) is 2.24. The zero-order valence-electron chi connectivity index (χ0n) is 17.1. The third-order valence-corrected chi connectivity index (χ3v) is 5.17. The summed E-state index contributed by atoms with van der Waals surface area (Å²) >= 11 is 0. The van der Waals surface area contributed by atoms with Gasteiger partial charge in [-0.2, -0.15) is 0 Å². The molecule has 3 rings (SSSR count). The number of hydrogen-bond donors (Lipinski definition) is 2. The molecule has 7 nitrogen and oxygen atoms in total. The normalized spacial score (nSPS) is 22.2. The number of rotatable bonds is 7. The van der Waals surface area contributed by atoms with Crippen LogP contribution in [0.1, 0.15) is 25.3 Å². The topological polar surface area (TPSA) is 67.4 Å². The summed E-state index contributed by atoms with van der Waals surface area (Å²) in [5.41, 5.74) is 1.07. The van der Waals surface area contributed by atoms with Crippen molar-refractivity contribution >= 4 is 29.9 Å². The Labute approximate surface area is 185 Å². The zero-order valence-corrected chi connectivity index (χ0v) is 19.4. The molecule has 28 heavy (non-hydrogen) atoms. The van der Waals surface area contributed by atoms with Gasteiger partial charge in [0.1, 0.15) is 0 Å². The molecule has 0 amide bonds. The summed E-state index contributed by atoms with van der Waals surface area (Å²) in [6, 6.07) is 6.51. The molecule has 8 heteroatoms. The molecule has 2 atom stereocenters. The van der Waals surface area contributed by atoms with Gasteiger partial charge in [-0.15, -0.1) is 24.0 Å². The molecule has 2 unspecified atom stereocenters. The fourth-order valence-electron chi connectivity index (χ4n) is 3.71. The molecule has 0 spiro atoms. The summed E-state index contributed by atoms with van der Waals surface area (Å²) in [6.07, 6.45) is 2.78. The average Bonchev–Trinajstić information content (AvgIpc) is 3.17. The van der Waals surface area contributed by atoms with Crippen LogP contribution in [0.2, 0.25) is 0 Å². The van der Waals surface area contributed by atoms with Gasteiger partial charge in [0.05, 0.1) is 33.5 Å². The SMILES string of the molecule is CCNC(=NCc1ccc(OC)c(OC)c1)NCC1CN2CCCC2CO1.I. The number of fused-ring (bicyclic) bond motifs is 1. The molecule has 2 heterocycles. The van der Waals surface area contributed by atoms with Crippen molar-refractivity contribution in [3.63, 3.8) is 0 Å². The van der Waals surface area contributed by atoms with Crippen LogP contribution >= 0.6 is 24.0 Å². The Morgan fingerprint density at radius 3 is 2.82 bits per heavy atom. The summed E-state index contributed by atoms with van der Waals surface area (Å²) in [6.45, 7) is 7.28. The minimum atomic E-state index is 0. The quantitative estimate of drug-likeness (QED) is 0.338. The molecule has 0 aliphatic carbocycles. The van der Waals surface area contributed by atoms with Crippen molar-refractivity contribution in [2.75, 3.05) is 47.0 Å². The van der Waals surface area contributed by atoms with Crippen molar-refractivity contribution in [1.29, 1.82) is 0 Å². The summed E-state index contributed by atoms with van der Waals surface area (Å²) in [7, 11) is 3.28. The fourth-order valence-corrected chi connectivity index (χ4v) is 3.71. The molecule has 1 aromatic rings. The van der Waals surface area contributed by atoms with E-state index in [0.717, 1.165) is 49.3 Å². The van der Waals surface area contributed by atoms with Gasteiger partial charge in [-0.1, -0.05) is 6.07 Å². The van der Waals surface area contributed by atoms with E-state index in [-0.39, 0.29) is 30.1 Å². The standard InChI is InChI=1S/C20H32N4O3.HI/c1-4-21-20(22-11-15-7-8-18(25-2)19(10-15)26-3)23-12-17-13-24-9-5-6-16(24)14-27-17;/h7-8,10,16-17H,4-6,9,11-14H2,1-3H3,(H2,21,22,23);1H. The maximum absolute atomic E-state index is 6.02. The Morgan fingerprint density at radius 2 is 2.07 bits per heavy atom. The van der Waals surface area contributed by atoms with Gasteiger partial charge in [0.2, 0.25) is 0 Å². The minimum absolute atomic E-state index is 0. The van der Waals surface area contributed by atoms with Gasteiger partial charge in [0.15, 0.2) is 17.5 Å². The van der Waals surface area contributed by atoms with E-state index in [4.69, 9.17) is 19.2 Å². The lowest BCUT2D eigenvalue weighted by Crippen LogP contribution is -2.51. The number of morpholine rings is 1. The number of halogens is 1. The number of benzene rings is 1.